The van der Waals surface area contributed by atoms with Crippen LogP contribution in [0.1, 0.15) is 29.8 Å². The molecule has 1 aromatic heterocycles. The molecule has 0 saturated carbocycles. The minimum absolute atomic E-state index is 0.298. The van der Waals surface area contributed by atoms with Crippen LogP contribution in [0.15, 0.2) is 30.5 Å². The maximum absolute atomic E-state index is 4.16. The number of hydrogen-bond donors (Lipinski definition) is 1. The Labute approximate surface area is 108 Å². The highest BCUT2D eigenvalue weighted by molar-refractivity contribution is 5.26. The van der Waals surface area contributed by atoms with E-state index in [1.165, 1.54) is 11.1 Å². The van der Waals surface area contributed by atoms with Gasteiger partial charge in [0.2, 0.25) is 0 Å². The minimum Gasteiger partial charge on any atom is -0.310 e. The zero-order valence-electron chi connectivity index (χ0n) is 11.2. The van der Waals surface area contributed by atoms with E-state index in [1.807, 2.05) is 13.2 Å². The van der Waals surface area contributed by atoms with Gasteiger partial charge in [0, 0.05) is 25.7 Å². The molecule has 2 aromatic rings. The van der Waals surface area contributed by atoms with Crippen LogP contribution < -0.4 is 5.32 Å². The second kappa shape index (κ2) is 5.78. The highest BCUT2D eigenvalue weighted by Gasteiger charge is 2.13. The van der Waals surface area contributed by atoms with Gasteiger partial charge in [-0.15, -0.1) is 5.10 Å². The zero-order chi connectivity index (χ0) is 13.0. The molecule has 1 aromatic carbocycles. The molecule has 18 heavy (non-hydrogen) atoms. The largest absolute Gasteiger partial charge is 0.310 e. The summed E-state index contributed by atoms with van der Waals surface area (Å²) in [5.41, 5.74) is 3.61. The van der Waals surface area contributed by atoms with Crippen LogP contribution >= 0.6 is 0 Å². The van der Waals surface area contributed by atoms with E-state index in [4.69, 9.17) is 0 Å². The summed E-state index contributed by atoms with van der Waals surface area (Å²) in [6.45, 7) is 5.19. The van der Waals surface area contributed by atoms with E-state index in [0.29, 0.717) is 6.04 Å². The third kappa shape index (κ3) is 3.17. The van der Waals surface area contributed by atoms with Crippen molar-refractivity contribution in [3.05, 3.63) is 47.3 Å². The number of hydrogen-bond acceptors (Lipinski definition) is 3. The average molecular weight is 244 g/mol. The predicted molar refractivity (Wildman–Crippen MR) is 72.3 cm³/mol. The standard InChI is InChI=1S/C14H20N4/c1-4-15-14(9-13-10-18(3)17-16-13)12-7-5-6-11(2)8-12/h5-8,10,14-15H,4,9H2,1-3H3. The zero-order valence-corrected chi connectivity index (χ0v) is 11.2. The lowest BCUT2D eigenvalue weighted by Gasteiger charge is -2.17. The van der Waals surface area contributed by atoms with Gasteiger partial charge in [0.15, 0.2) is 0 Å². The van der Waals surface area contributed by atoms with Gasteiger partial charge in [-0.25, -0.2) is 0 Å². The summed E-state index contributed by atoms with van der Waals surface area (Å²) >= 11 is 0. The van der Waals surface area contributed by atoms with Gasteiger partial charge in [0.1, 0.15) is 0 Å². The highest BCUT2D eigenvalue weighted by Crippen LogP contribution is 2.18. The van der Waals surface area contributed by atoms with Gasteiger partial charge < -0.3 is 5.32 Å². The molecular weight excluding hydrogens is 224 g/mol. The van der Waals surface area contributed by atoms with Crippen molar-refractivity contribution in [3.63, 3.8) is 0 Å². The number of rotatable bonds is 5. The van der Waals surface area contributed by atoms with Crippen molar-refractivity contribution in [1.82, 2.24) is 20.3 Å². The fraction of sp³-hybridized carbons (Fsp3) is 0.429. The van der Waals surface area contributed by atoms with Crippen molar-refractivity contribution in [2.75, 3.05) is 6.54 Å². The van der Waals surface area contributed by atoms with Crippen LogP contribution in [0.4, 0.5) is 0 Å². The van der Waals surface area contributed by atoms with Crippen molar-refractivity contribution < 1.29 is 0 Å². The predicted octanol–water partition coefficient (Wildman–Crippen LogP) is 2.02. The van der Waals surface area contributed by atoms with Gasteiger partial charge in [-0.3, -0.25) is 4.68 Å². The first-order valence-corrected chi connectivity index (χ1v) is 6.34. The molecule has 0 aliphatic carbocycles. The highest BCUT2D eigenvalue weighted by atomic mass is 15.4. The molecule has 0 radical (unpaired) electrons. The number of benzene rings is 1. The summed E-state index contributed by atoms with van der Waals surface area (Å²) in [4.78, 5) is 0. The lowest BCUT2D eigenvalue weighted by molar-refractivity contribution is 0.543. The molecule has 4 heteroatoms. The third-order valence-electron chi connectivity index (χ3n) is 2.96. The molecule has 1 atom stereocenters. The number of aryl methyl sites for hydroxylation is 2. The van der Waals surface area contributed by atoms with Crippen molar-refractivity contribution in [1.29, 1.82) is 0 Å². The van der Waals surface area contributed by atoms with Gasteiger partial charge in [-0.2, -0.15) is 0 Å². The van der Waals surface area contributed by atoms with Crippen LogP contribution in [0.25, 0.3) is 0 Å². The van der Waals surface area contributed by atoms with E-state index in [0.717, 1.165) is 18.7 Å². The van der Waals surface area contributed by atoms with Crippen LogP contribution in [0, 0.1) is 6.92 Å². The Hall–Kier alpha value is -1.68. The number of likely N-dealkylation sites (N-methyl/N-ethyl adjacent to an activating group) is 1. The van der Waals surface area contributed by atoms with Crippen LogP contribution in [0.2, 0.25) is 0 Å². The van der Waals surface area contributed by atoms with Gasteiger partial charge >= 0.3 is 0 Å². The van der Waals surface area contributed by atoms with Gasteiger partial charge in [0.05, 0.1) is 5.69 Å². The minimum atomic E-state index is 0.298. The first kappa shape index (κ1) is 12.8. The molecule has 4 nitrogen and oxygen atoms in total. The quantitative estimate of drug-likeness (QED) is 0.875. The van der Waals surface area contributed by atoms with E-state index in [1.54, 1.807) is 4.68 Å². The fourth-order valence-corrected chi connectivity index (χ4v) is 2.14. The van der Waals surface area contributed by atoms with E-state index >= 15 is 0 Å². The number of aromatic nitrogens is 3. The molecule has 1 N–H and O–H groups in total. The summed E-state index contributed by atoms with van der Waals surface area (Å²) in [5, 5.41) is 11.6. The molecule has 1 heterocycles. The topological polar surface area (TPSA) is 42.7 Å². The summed E-state index contributed by atoms with van der Waals surface area (Å²) in [7, 11) is 1.89. The Bertz CT molecular complexity index is 504. The summed E-state index contributed by atoms with van der Waals surface area (Å²) in [6, 6.07) is 8.91. The Morgan fingerprint density at radius 3 is 2.83 bits per heavy atom. The van der Waals surface area contributed by atoms with Crippen molar-refractivity contribution in [2.24, 2.45) is 7.05 Å². The molecule has 0 amide bonds. The third-order valence-corrected chi connectivity index (χ3v) is 2.96. The molecule has 96 valence electrons. The molecular formula is C14H20N4. The summed E-state index contributed by atoms with van der Waals surface area (Å²) < 4.78 is 1.74. The van der Waals surface area contributed by atoms with E-state index in [-0.39, 0.29) is 0 Å². The molecule has 0 spiro atoms. The number of nitrogens with one attached hydrogen (secondary N) is 1. The number of nitrogens with zero attached hydrogens (tertiary/aromatic N) is 3. The monoisotopic (exact) mass is 244 g/mol. The second-order valence-corrected chi connectivity index (χ2v) is 4.61. The van der Waals surface area contributed by atoms with Crippen molar-refractivity contribution in [2.45, 2.75) is 26.3 Å². The van der Waals surface area contributed by atoms with Crippen LogP contribution in [0.5, 0.6) is 0 Å². The van der Waals surface area contributed by atoms with Crippen LogP contribution in [-0.2, 0) is 13.5 Å². The van der Waals surface area contributed by atoms with E-state index < -0.39 is 0 Å². The summed E-state index contributed by atoms with van der Waals surface area (Å²) in [6.07, 6.45) is 2.84. The lowest BCUT2D eigenvalue weighted by atomic mass is 10.0. The van der Waals surface area contributed by atoms with Crippen molar-refractivity contribution in [3.8, 4) is 0 Å². The molecule has 0 bridgehead atoms. The first-order chi connectivity index (χ1) is 8.69. The SMILES string of the molecule is CCNC(Cc1cn(C)nn1)c1cccc(C)c1. The fourth-order valence-electron chi connectivity index (χ4n) is 2.14. The molecule has 2 rings (SSSR count). The van der Waals surface area contributed by atoms with Gasteiger partial charge in [-0.05, 0) is 19.0 Å². The molecule has 0 fully saturated rings. The molecule has 0 aliphatic heterocycles. The maximum Gasteiger partial charge on any atom is 0.0845 e. The average Bonchev–Trinajstić information content (AvgIpc) is 2.74. The lowest BCUT2D eigenvalue weighted by Crippen LogP contribution is -2.23. The van der Waals surface area contributed by atoms with E-state index in [2.05, 4.69) is 53.7 Å². The Morgan fingerprint density at radius 1 is 1.39 bits per heavy atom. The van der Waals surface area contributed by atoms with Gasteiger partial charge in [-0.1, -0.05) is 42.0 Å². The Morgan fingerprint density at radius 2 is 2.22 bits per heavy atom. The molecule has 0 aliphatic rings. The summed E-state index contributed by atoms with van der Waals surface area (Å²) in [5.74, 6) is 0. The maximum atomic E-state index is 4.16. The van der Waals surface area contributed by atoms with E-state index in [9.17, 15) is 0 Å². The molecule has 0 saturated heterocycles. The molecule has 1 unspecified atom stereocenters. The first-order valence-electron chi connectivity index (χ1n) is 6.34. The normalized spacial score (nSPS) is 12.6. The smallest absolute Gasteiger partial charge is 0.0845 e. The van der Waals surface area contributed by atoms with Crippen LogP contribution in [0.3, 0.4) is 0 Å². The van der Waals surface area contributed by atoms with Crippen molar-refractivity contribution >= 4 is 0 Å². The van der Waals surface area contributed by atoms with Gasteiger partial charge in [0.25, 0.3) is 0 Å². The second-order valence-electron chi connectivity index (χ2n) is 4.61. The Balaban J connectivity index is 2.17. The van der Waals surface area contributed by atoms with Crippen LogP contribution in [-0.4, -0.2) is 21.5 Å². The Kier molecular flexibility index (Phi) is 4.10.